The third-order valence-corrected chi connectivity index (χ3v) is 10.1. The van der Waals surface area contributed by atoms with Gasteiger partial charge in [0.05, 0.1) is 17.1 Å². The SMILES string of the molecule is CC(=O)c1ccc2c(-c3ccc(F)cc3)c3c(c(-c4ccccc4)c2c1)-c1ccccc1N(S(=O)(=O)c1ccc(C)cc1)C3. The summed E-state index contributed by atoms with van der Waals surface area (Å²) >= 11 is 0. The quantitative estimate of drug-likeness (QED) is 0.186. The van der Waals surface area contributed by atoms with E-state index in [2.05, 4.69) is 0 Å². The van der Waals surface area contributed by atoms with E-state index in [0.29, 0.717) is 11.3 Å². The molecule has 1 aliphatic rings. The van der Waals surface area contributed by atoms with Crippen LogP contribution in [-0.2, 0) is 16.6 Å². The van der Waals surface area contributed by atoms with Gasteiger partial charge in [-0.25, -0.2) is 12.8 Å². The number of rotatable bonds is 5. The van der Waals surface area contributed by atoms with Gasteiger partial charge in [-0.1, -0.05) is 90.5 Å². The predicted molar refractivity (Wildman–Crippen MR) is 175 cm³/mol. The number of nitrogens with zero attached hydrogens (tertiary/aromatic N) is 1. The molecule has 6 aromatic carbocycles. The van der Waals surface area contributed by atoms with Crippen LogP contribution in [0.3, 0.4) is 0 Å². The van der Waals surface area contributed by atoms with E-state index in [1.165, 1.54) is 16.4 Å². The van der Waals surface area contributed by atoms with Crippen LogP contribution in [0.4, 0.5) is 10.1 Å². The molecule has 1 aliphatic heterocycles. The van der Waals surface area contributed by atoms with Crippen LogP contribution < -0.4 is 4.31 Å². The predicted octanol–water partition coefficient (Wildman–Crippen LogP) is 9.20. The van der Waals surface area contributed by atoms with Crippen LogP contribution in [0.2, 0.25) is 0 Å². The number of halogens is 1. The Bertz CT molecular complexity index is 2190. The normalized spacial score (nSPS) is 12.6. The zero-order valence-electron chi connectivity index (χ0n) is 24.2. The number of para-hydroxylation sites is 1. The maximum atomic E-state index is 14.3. The topological polar surface area (TPSA) is 54.5 Å². The van der Waals surface area contributed by atoms with E-state index >= 15 is 0 Å². The van der Waals surface area contributed by atoms with E-state index in [1.54, 1.807) is 49.4 Å². The zero-order valence-corrected chi connectivity index (χ0v) is 25.0. The molecular formula is C38H28FNO3S. The molecule has 4 nitrogen and oxygen atoms in total. The second kappa shape index (κ2) is 10.6. The van der Waals surface area contributed by atoms with Crippen molar-refractivity contribution in [3.63, 3.8) is 0 Å². The van der Waals surface area contributed by atoms with Crippen LogP contribution in [0.25, 0.3) is 44.2 Å². The summed E-state index contributed by atoms with van der Waals surface area (Å²) in [5, 5.41) is 1.72. The zero-order chi connectivity index (χ0) is 30.6. The minimum absolute atomic E-state index is 0.0530. The number of carbonyl (C=O) groups is 1. The number of hydrogen-bond acceptors (Lipinski definition) is 3. The van der Waals surface area contributed by atoms with Gasteiger partial charge < -0.3 is 0 Å². The van der Waals surface area contributed by atoms with Crippen LogP contribution >= 0.6 is 0 Å². The molecule has 6 aromatic rings. The Morgan fingerprint density at radius 1 is 0.705 bits per heavy atom. The van der Waals surface area contributed by atoms with Gasteiger partial charge in [-0.05, 0) is 94.4 Å². The first kappa shape index (κ1) is 27.7. The van der Waals surface area contributed by atoms with Crippen molar-refractivity contribution in [2.24, 2.45) is 0 Å². The van der Waals surface area contributed by atoms with Crippen LogP contribution in [0.1, 0.15) is 28.4 Å². The minimum atomic E-state index is -3.96. The third-order valence-electron chi connectivity index (χ3n) is 8.37. The van der Waals surface area contributed by atoms with E-state index in [-0.39, 0.29) is 23.0 Å². The Labute approximate surface area is 256 Å². The molecule has 6 heteroatoms. The molecule has 0 aromatic heterocycles. The van der Waals surface area contributed by atoms with Gasteiger partial charge in [-0.15, -0.1) is 0 Å². The molecule has 216 valence electrons. The van der Waals surface area contributed by atoms with Gasteiger partial charge in [0.25, 0.3) is 10.0 Å². The number of aryl methyl sites for hydroxylation is 1. The molecule has 7 rings (SSSR count). The highest BCUT2D eigenvalue weighted by Gasteiger charge is 2.35. The summed E-state index contributed by atoms with van der Waals surface area (Å²) in [6.07, 6.45) is 0. The fraction of sp³-hybridized carbons (Fsp3) is 0.0789. The van der Waals surface area contributed by atoms with Crippen molar-refractivity contribution < 1.29 is 17.6 Å². The summed E-state index contributed by atoms with van der Waals surface area (Å²) in [6.45, 7) is 3.54. The minimum Gasteiger partial charge on any atom is -0.295 e. The summed E-state index contributed by atoms with van der Waals surface area (Å²) in [5.74, 6) is -0.414. The van der Waals surface area contributed by atoms with Crippen molar-refractivity contribution in [3.8, 4) is 33.4 Å². The lowest BCUT2D eigenvalue weighted by Gasteiger charge is -2.35. The first-order valence-electron chi connectivity index (χ1n) is 14.4. The molecule has 0 saturated heterocycles. The van der Waals surface area contributed by atoms with Crippen LogP contribution in [-0.4, -0.2) is 14.2 Å². The lowest BCUT2D eigenvalue weighted by Crippen LogP contribution is -2.33. The van der Waals surface area contributed by atoms with Gasteiger partial charge in [0.2, 0.25) is 0 Å². The Hall–Kier alpha value is -5.07. The van der Waals surface area contributed by atoms with Gasteiger partial charge in [-0.2, -0.15) is 0 Å². The molecule has 0 fully saturated rings. The van der Waals surface area contributed by atoms with Crippen molar-refractivity contribution in [1.29, 1.82) is 0 Å². The molecule has 0 saturated carbocycles. The first-order chi connectivity index (χ1) is 21.2. The number of carbonyl (C=O) groups excluding carboxylic acids is 1. The summed E-state index contributed by atoms with van der Waals surface area (Å²) in [6, 6.07) is 36.3. The average molecular weight is 598 g/mol. The van der Waals surface area contributed by atoms with Crippen molar-refractivity contribution in [2.75, 3.05) is 4.31 Å². The number of fused-ring (bicyclic) bond motifs is 4. The molecule has 0 atom stereocenters. The van der Waals surface area contributed by atoms with Gasteiger partial charge in [0, 0.05) is 11.1 Å². The molecule has 0 spiro atoms. The van der Waals surface area contributed by atoms with Gasteiger partial charge >= 0.3 is 0 Å². The summed E-state index contributed by atoms with van der Waals surface area (Å²) in [4.78, 5) is 12.8. The second-order valence-corrected chi connectivity index (χ2v) is 13.0. The van der Waals surface area contributed by atoms with E-state index in [4.69, 9.17) is 0 Å². The largest absolute Gasteiger partial charge is 0.295 e. The van der Waals surface area contributed by atoms with Crippen molar-refractivity contribution in [2.45, 2.75) is 25.3 Å². The molecule has 1 heterocycles. The van der Waals surface area contributed by atoms with E-state index < -0.39 is 10.0 Å². The number of anilines is 1. The molecule has 44 heavy (non-hydrogen) atoms. The fourth-order valence-electron chi connectivity index (χ4n) is 6.25. The molecule has 0 N–H and O–H groups in total. The van der Waals surface area contributed by atoms with Crippen LogP contribution in [0, 0.1) is 12.7 Å². The number of hydrogen-bond donors (Lipinski definition) is 0. The van der Waals surface area contributed by atoms with E-state index in [0.717, 1.165) is 55.3 Å². The number of sulfonamides is 1. The van der Waals surface area contributed by atoms with Gasteiger partial charge in [0.1, 0.15) is 5.82 Å². The number of ketones is 1. The smallest absolute Gasteiger partial charge is 0.264 e. The second-order valence-electron chi connectivity index (χ2n) is 11.1. The first-order valence-corrected chi connectivity index (χ1v) is 15.8. The Morgan fingerprint density at radius 2 is 1.36 bits per heavy atom. The maximum Gasteiger partial charge on any atom is 0.264 e. The number of Topliss-reactive ketones (excluding diaryl/α,β-unsaturated/α-hetero) is 1. The van der Waals surface area contributed by atoms with Crippen molar-refractivity contribution >= 4 is 32.3 Å². The standard InChI is InChI=1S/C38H28FNO3S/c1-24-12-19-30(20-13-24)44(42,43)40-23-34-36(27-14-17-29(39)18-15-27)31-21-16-28(25(2)41)22-33(31)37(26-8-4-3-5-9-26)38(34)32-10-6-7-11-35(32)40/h3-22H,23H2,1-2H3. The molecular weight excluding hydrogens is 569 g/mol. The lowest BCUT2D eigenvalue weighted by molar-refractivity contribution is 0.101. The van der Waals surface area contributed by atoms with Crippen molar-refractivity contribution in [1.82, 2.24) is 0 Å². The molecule has 0 aliphatic carbocycles. The molecule has 0 amide bonds. The number of benzene rings is 6. The Morgan fingerprint density at radius 3 is 2.07 bits per heavy atom. The molecule has 0 unspecified atom stereocenters. The van der Waals surface area contributed by atoms with E-state index in [1.807, 2.05) is 73.7 Å². The Balaban J connectivity index is 1.64. The maximum absolute atomic E-state index is 14.3. The van der Waals surface area contributed by atoms with Gasteiger partial charge in [0.15, 0.2) is 5.78 Å². The van der Waals surface area contributed by atoms with E-state index in [9.17, 15) is 17.6 Å². The lowest BCUT2D eigenvalue weighted by atomic mass is 9.79. The highest BCUT2D eigenvalue weighted by molar-refractivity contribution is 7.92. The van der Waals surface area contributed by atoms with Crippen LogP contribution in [0.15, 0.2) is 126 Å². The highest BCUT2D eigenvalue weighted by atomic mass is 32.2. The average Bonchev–Trinajstić information content (AvgIpc) is 3.04. The Kier molecular flexibility index (Phi) is 6.67. The van der Waals surface area contributed by atoms with Crippen LogP contribution in [0.5, 0.6) is 0 Å². The summed E-state index contributed by atoms with van der Waals surface area (Å²) in [5.41, 5.74) is 8.03. The molecule has 0 radical (unpaired) electrons. The third kappa shape index (κ3) is 4.50. The monoisotopic (exact) mass is 597 g/mol. The highest BCUT2D eigenvalue weighted by Crippen LogP contribution is 2.52. The summed E-state index contributed by atoms with van der Waals surface area (Å²) < 4.78 is 44.3. The van der Waals surface area contributed by atoms with Gasteiger partial charge in [-0.3, -0.25) is 9.10 Å². The van der Waals surface area contributed by atoms with Crippen molar-refractivity contribution in [3.05, 3.63) is 144 Å². The molecule has 0 bridgehead atoms. The summed E-state index contributed by atoms with van der Waals surface area (Å²) in [7, 11) is -3.96. The fourth-order valence-corrected chi connectivity index (χ4v) is 7.70.